The lowest BCUT2D eigenvalue weighted by molar-refractivity contribution is 0.0684. The molecule has 0 bridgehead atoms. The topological polar surface area (TPSA) is 125 Å². The van der Waals surface area contributed by atoms with Gasteiger partial charge in [0.2, 0.25) is 0 Å². The zero-order valence-electron chi connectivity index (χ0n) is 33.5. The third kappa shape index (κ3) is 7.99. The molecule has 0 radical (unpaired) electrons. The van der Waals surface area contributed by atoms with Crippen LogP contribution in [0.25, 0.3) is 33.1 Å². The van der Waals surface area contributed by atoms with Crippen molar-refractivity contribution in [2.45, 2.75) is 94.0 Å². The van der Waals surface area contributed by atoms with Crippen LogP contribution in [0.5, 0.6) is 0 Å². The Morgan fingerprint density at radius 2 is 0.891 bits per heavy atom. The third-order valence-corrected chi connectivity index (χ3v) is 11.6. The van der Waals surface area contributed by atoms with Gasteiger partial charge in [0, 0.05) is 25.3 Å². The first kappa shape index (κ1) is 36.8. The molecule has 10 nitrogen and oxygen atoms in total. The molecule has 0 amide bonds. The van der Waals surface area contributed by atoms with Crippen LogP contribution in [0.1, 0.15) is 74.0 Å². The van der Waals surface area contributed by atoms with E-state index in [0.717, 1.165) is 74.8 Å². The van der Waals surface area contributed by atoms with Crippen molar-refractivity contribution in [1.29, 1.82) is 0 Å². The lowest BCUT2D eigenvalue weighted by Crippen LogP contribution is -2.42. The van der Waals surface area contributed by atoms with E-state index in [2.05, 4.69) is 129 Å². The second-order valence-corrected chi connectivity index (χ2v) is 16.1. The van der Waals surface area contributed by atoms with Gasteiger partial charge in [0.05, 0.1) is 64.5 Å². The van der Waals surface area contributed by atoms with Gasteiger partial charge in [-0.05, 0) is 161 Å². The van der Waals surface area contributed by atoms with Gasteiger partial charge >= 0.3 is 0 Å². The number of nitrogens with zero attached hydrogens (tertiary/aromatic N) is 6. The number of benzene rings is 4. The molecule has 10 heteroatoms. The Kier molecular flexibility index (Phi) is 9.92. The van der Waals surface area contributed by atoms with Gasteiger partial charge < -0.3 is 20.1 Å². The number of aliphatic hydroxyl groups is 1. The van der Waals surface area contributed by atoms with Crippen molar-refractivity contribution in [2.75, 3.05) is 19.6 Å². The van der Waals surface area contributed by atoms with Crippen molar-refractivity contribution in [3.05, 3.63) is 116 Å². The molecule has 3 aromatic heterocycles. The first-order valence-electron chi connectivity index (χ1n) is 19.5. The number of H-pyrrole nitrogens is 3. The van der Waals surface area contributed by atoms with Crippen molar-refractivity contribution >= 4 is 44.5 Å². The molecule has 1 unspecified atom stereocenters. The van der Waals surface area contributed by atoms with E-state index in [4.69, 9.17) is 19.9 Å². The van der Waals surface area contributed by atoms with Crippen molar-refractivity contribution in [1.82, 2.24) is 39.7 Å². The monoisotopic (exact) mass is 735 g/mol. The average molecular weight is 736 g/mol. The molecule has 0 saturated heterocycles. The summed E-state index contributed by atoms with van der Waals surface area (Å²) in [4.78, 5) is 35.3. The number of nitrogens with one attached hydrogen (secondary N) is 3. The predicted molar refractivity (Wildman–Crippen MR) is 223 cm³/mol. The fourth-order valence-corrected chi connectivity index (χ4v) is 7.89. The van der Waals surface area contributed by atoms with E-state index in [1.807, 2.05) is 0 Å². The van der Waals surface area contributed by atoms with Gasteiger partial charge in [-0.15, -0.1) is 0 Å². The highest BCUT2D eigenvalue weighted by atomic mass is 16.3. The number of aryl methyl sites for hydroxylation is 9. The van der Waals surface area contributed by atoms with Crippen LogP contribution in [0.2, 0.25) is 0 Å². The van der Waals surface area contributed by atoms with Crippen molar-refractivity contribution in [2.24, 2.45) is 4.99 Å². The standard InChI is InChI=1S/C45H53N9O/c1-25-11-33-9-10-34(46-36(33)12-26(25)2)19-53(22-43-47-37-13-27(3)28(4)14-38(37)48-43)20-35(55)21-54(23-44-49-39-15-29(5)30(6)16-40(39)50-44)24-45-51-41-17-31(7)32(8)18-42(41)52-45/h11-18,35,55H,9-10,19-24H2,1-8H3,(H,47,48)(H,49,50)(H,51,52). The molecule has 55 heavy (non-hydrogen) atoms. The van der Waals surface area contributed by atoms with Gasteiger partial charge in [-0.3, -0.25) is 14.8 Å². The Morgan fingerprint density at radius 1 is 0.509 bits per heavy atom. The normalized spacial score (nSPS) is 13.8. The lowest BCUT2D eigenvalue weighted by Gasteiger charge is -2.29. The smallest absolute Gasteiger partial charge is 0.121 e. The molecule has 0 fully saturated rings. The van der Waals surface area contributed by atoms with Crippen molar-refractivity contribution in [3.63, 3.8) is 0 Å². The Labute approximate surface area is 323 Å². The number of aliphatic imine (C=N–C) groups is 1. The van der Waals surface area contributed by atoms with E-state index in [0.29, 0.717) is 39.3 Å². The lowest BCUT2D eigenvalue weighted by atomic mass is 9.97. The highest BCUT2D eigenvalue weighted by Crippen LogP contribution is 2.30. The Balaban J connectivity index is 1.07. The van der Waals surface area contributed by atoms with Gasteiger partial charge in [0.25, 0.3) is 0 Å². The minimum atomic E-state index is -0.669. The van der Waals surface area contributed by atoms with Crippen LogP contribution in [0, 0.1) is 55.4 Å². The number of aliphatic hydroxyl groups excluding tert-OH is 1. The maximum atomic E-state index is 12.0. The molecular formula is C45H53N9O. The molecule has 0 spiro atoms. The summed E-state index contributed by atoms with van der Waals surface area (Å²) in [5.41, 5.74) is 19.4. The first-order valence-corrected chi connectivity index (χ1v) is 19.5. The number of aromatic nitrogens is 6. The molecule has 7 aromatic rings. The summed E-state index contributed by atoms with van der Waals surface area (Å²) in [6.45, 7) is 20.2. The summed E-state index contributed by atoms with van der Waals surface area (Å²) in [6, 6.07) is 17.4. The molecule has 4 aromatic carbocycles. The average Bonchev–Trinajstić information content (AvgIpc) is 3.81. The number of imidazole rings is 3. The molecule has 0 aliphatic carbocycles. The Hall–Kier alpha value is -5.16. The SMILES string of the molecule is Cc1cc2c(cc1C)N=C(CN(Cc1nc3cc(C)c(C)cc3[nH]1)CC(O)CN(Cc1nc3cc(C)c(C)cc3[nH]1)Cc1nc3cc(C)c(C)cc3[nH]1)CC2. The maximum Gasteiger partial charge on any atom is 0.121 e. The molecule has 4 heterocycles. The van der Waals surface area contributed by atoms with E-state index in [-0.39, 0.29) is 0 Å². The summed E-state index contributed by atoms with van der Waals surface area (Å²) in [5, 5.41) is 12.0. The molecule has 1 aliphatic rings. The molecule has 8 rings (SSSR count). The quantitative estimate of drug-likeness (QED) is 0.100. The molecular weight excluding hydrogens is 683 g/mol. The van der Waals surface area contributed by atoms with Crippen LogP contribution in [0.15, 0.2) is 53.5 Å². The zero-order chi connectivity index (χ0) is 38.5. The largest absolute Gasteiger partial charge is 0.390 e. The van der Waals surface area contributed by atoms with E-state index in [1.165, 1.54) is 50.1 Å². The minimum absolute atomic E-state index is 0.424. The fraction of sp³-hybridized carbons (Fsp3) is 0.378. The summed E-state index contributed by atoms with van der Waals surface area (Å²) in [5.74, 6) is 2.61. The molecule has 1 atom stereocenters. The van der Waals surface area contributed by atoms with Crippen molar-refractivity contribution in [3.8, 4) is 0 Å². The fourth-order valence-electron chi connectivity index (χ4n) is 7.89. The number of aromatic amines is 3. The number of rotatable bonds is 12. The second kappa shape index (κ2) is 14.8. The Morgan fingerprint density at radius 3 is 1.35 bits per heavy atom. The van der Waals surface area contributed by atoms with Crippen LogP contribution in [-0.4, -0.2) is 76.3 Å². The van der Waals surface area contributed by atoms with Gasteiger partial charge in [-0.2, -0.15) is 0 Å². The zero-order valence-corrected chi connectivity index (χ0v) is 33.5. The number of hydrogen-bond acceptors (Lipinski definition) is 7. The van der Waals surface area contributed by atoms with Crippen LogP contribution in [0.4, 0.5) is 5.69 Å². The highest BCUT2D eigenvalue weighted by molar-refractivity contribution is 5.91. The van der Waals surface area contributed by atoms with Gasteiger partial charge in [0.1, 0.15) is 17.5 Å². The van der Waals surface area contributed by atoms with E-state index >= 15 is 0 Å². The van der Waals surface area contributed by atoms with Crippen LogP contribution in [0.3, 0.4) is 0 Å². The summed E-state index contributed by atoms with van der Waals surface area (Å²) >= 11 is 0. The number of fused-ring (bicyclic) bond motifs is 4. The van der Waals surface area contributed by atoms with Crippen LogP contribution >= 0.6 is 0 Å². The minimum Gasteiger partial charge on any atom is -0.390 e. The van der Waals surface area contributed by atoms with Gasteiger partial charge in [-0.1, -0.05) is 6.07 Å². The summed E-state index contributed by atoms with van der Waals surface area (Å²) < 4.78 is 0. The molecule has 4 N–H and O–H groups in total. The molecule has 284 valence electrons. The van der Waals surface area contributed by atoms with Crippen LogP contribution < -0.4 is 0 Å². The van der Waals surface area contributed by atoms with E-state index in [1.54, 1.807) is 0 Å². The van der Waals surface area contributed by atoms with Crippen LogP contribution in [-0.2, 0) is 26.1 Å². The molecule has 0 saturated carbocycles. The summed E-state index contributed by atoms with van der Waals surface area (Å²) in [6.07, 6.45) is 1.19. The Bertz CT molecular complexity index is 2380. The predicted octanol–water partition coefficient (Wildman–Crippen LogP) is 8.37. The second-order valence-electron chi connectivity index (χ2n) is 16.1. The maximum absolute atomic E-state index is 12.0. The van der Waals surface area contributed by atoms with Gasteiger partial charge in [0.15, 0.2) is 0 Å². The molecule has 1 aliphatic heterocycles. The summed E-state index contributed by atoms with van der Waals surface area (Å²) in [7, 11) is 0. The van der Waals surface area contributed by atoms with E-state index < -0.39 is 6.10 Å². The highest BCUT2D eigenvalue weighted by Gasteiger charge is 2.23. The number of hydrogen-bond donors (Lipinski definition) is 4. The van der Waals surface area contributed by atoms with Gasteiger partial charge in [-0.25, -0.2) is 15.0 Å². The van der Waals surface area contributed by atoms with Crippen molar-refractivity contribution < 1.29 is 5.11 Å². The third-order valence-electron chi connectivity index (χ3n) is 11.6. The first-order chi connectivity index (χ1) is 26.3. The van der Waals surface area contributed by atoms with E-state index in [9.17, 15) is 5.11 Å².